The Labute approximate surface area is 136 Å². The van der Waals surface area contributed by atoms with Gasteiger partial charge in [0.25, 0.3) is 5.91 Å². The van der Waals surface area contributed by atoms with Gasteiger partial charge in [0.15, 0.2) is 6.04 Å². The van der Waals surface area contributed by atoms with E-state index in [1.54, 1.807) is 13.0 Å². The van der Waals surface area contributed by atoms with Gasteiger partial charge in [-0.2, -0.15) is 13.2 Å². The highest BCUT2D eigenvalue weighted by Gasteiger charge is 2.42. The monoisotopic (exact) mass is 341 g/mol. The first kappa shape index (κ1) is 17.8. The zero-order valence-corrected chi connectivity index (χ0v) is 12.9. The minimum atomic E-state index is -4.72. The van der Waals surface area contributed by atoms with Crippen LogP contribution in [0.3, 0.4) is 0 Å². The van der Waals surface area contributed by atoms with E-state index in [1.807, 2.05) is 5.32 Å². The molecule has 1 atom stereocenters. The van der Waals surface area contributed by atoms with Crippen molar-refractivity contribution in [2.45, 2.75) is 19.1 Å². The third-order valence-electron chi connectivity index (χ3n) is 3.48. The molecule has 0 saturated heterocycles. The lowest BCUT2D eigenvalue weighted by Gasteiger charge is -2.22. The van der Waals surface area contributed by atoms with Crippen molar-refractivity contribution in [3.05, 3.63) is 65.0 Å². The van der Waals surface area contributed by atoms with Gasteiger partial charge in [-0.15, -0.1) is 0 Å². The first-order valence-electron chi connectivity index (χ1n) is 7.00. The van der Waals surface area contributed by atoms with E-state index in [0.717, 1.165) is 29.8 Å². The van der Waals surface area contributed by atoms with Gasteiger partial charge in [-0.25, -0.2) is 4.39 Å². The summed E-state index contributed by atoms with van der Waals surface area (Å²) < 4.78 is 57.8. The molecule has 0 heterocycles. The zero-order valence-electron chi connectivity index (χ0n) is 12.9. The molecule has 2 rings (SSSR count). The quantitative estimate of drug-likeness (QED) is 0.848. The Morgan fingerprint density at radius 2 is 1.75 bits per heavy atom. The molecule has 0 radical (unpaired) electrons. The van der Waals surface area contributed by atoms with Crippen LogP contribution in [0, 0.1) is 12.7 Å². The first-order chi connectivity index (χ1) is 11.2. The summed E-state index contributed by atoms with van der Waals surface area (Å²) in [5.41, 5.74) is 0.532. The molecule has 0 aromatic heterocycles. The summed E-state index contributed by atoms with van der Waals surface area (Å²) >= 11 is 0. The van der Waals surface area contributed by atoms with Crippen LogP contribution < -0.4 is 10.1 Å². The van der Waals surface area contributed by atoms with Crippen molar-refractivity contribution in [1.29, 1.82) is 0 Å². The zero-order chi connectivity index (χ0) is 17.9. The molecular formula is C17H15F4NO2. The Hall–Kier alpha value is -2.57. The van der Waals surface area contributed by atoms with Crippen molar-refractivity contribution in [2.24, 2.45) is 0 Å². The van der Waals surface area contributed by atoms with E-state index in [9.17, 15) is 22.4 Å². The summed E-state index contributed by atoms with van der Waals surface area (Å²) in [6, 6.07) is 5.91. The Kier molecular flexibility index (Phi) is 5.11. The molecule has 128 valence electrons. The highest BCUT2D eigenvalue weighted by Crippen LogP contribution is 2.33. The maximum atomic E-state index is 13.3. The lowest BCUT2D eigenvalue weighted by atomic mass is 10.0. The van der Waals surface area contributed by atoms with E-state index in [1.165, 1.54) is 19.2 Å². The molecule has 0 aliphatic rings. The third-order valence-corrected chi connectivity index (χ3v) is 3.48. The number of carbonyl (C=O) groups is 1. The van der Waals surface area contributed by atoms with Crippen LogP contribution in [-0.4, -0.2) is 19.2 Å². The second kappa shape index (κ2) is 6.90. The van der Waals surface area contributed by atoms with E-state index in [0.29, 0.717) is 5.75 Å². The molecule has 7 heteroatoms. The molecule has 0 aliphatic carbocycles. The molecule has 0 fully saturated rings. The minimum Gasteiger partial charge on any atom is -0.496 e. The van der Waals surface area contributed by atoms with Gasteiger partial charge in [-0.3, -0.25) is 4.79 Å². The largest absolute Gasteiger partial charge is 0.496 e. The van der Waals surface area contributed by atoms with Gasteiger partial charge in [0.1, 0.15) is 11.6 Å². The van der Waals surface area contributed by atoms with Crippen molar-refractivity contribution in [1.82, 2.24) is 5.32 Å². The van der Waals surface area contributed by atoms with E-state index in [4.69, 9.17) is 4.74 Å². The van der Waals surface area contributed by atoms with E-state index < -0.39 is 23.9 Å². The van der Waals surface area contributed by atoms with Gasteiger partial charge in [0.2, 0.25) is 0 Å². The summed E-state index contributed by atoms with van der Waals surface area (Å²) in [5, 5.41) is 1.94. The Bertz CT molecular complexity index is 726. The van der Waals surface area contributed by atoms with Gasteiger partial charge < -0.3 is 10.1 Å². The SMILES string of the molecule is COc1cc(C(=O)NC(c2ccc(F)cc2)C(F)(F)F)ccc1C. The van der Waals surface area contributed by atoms with Gasteiger partial charge in [-0.05, 0) is 42.3 Å². The first-order valence-corrected chi connectivity index (χ1v) is 7.00. The molecule has 3 nitrogen and oxygen atoms in total. The number of halogens is 4. The van der Waals surface area contributed by atoms with Crippen molar-refractivity contribution in [3.63, 3.8) is 0 Å². The van der Waals surface area contributed by atoms with Crippen LogP contribution in [0.2, 0.25) is 0 Å². The van der Waals surface area contributed by atoms with Crippen molar-refractivity contribution in [2.75, 3.05) is 7.11 Å². The fourth-order valence-electron chi connectivity index (χ4n) is 2.19. The summed E-state index contributed by atoms with van der Waals surface area (Å²) in [4.78, 5) is 12.2. The van der Waals surface area contributed by atoms with Crippen LogP contribution in [0.1, 0.15) is 27.5 Å². The molecule has 1 amide bonds. The molecule has 1 unspecified atom stereocenters. The summed E-state index contributed by atoms with van der Waals surface area (Å²) in [6.45, 7) is 1.75. The topological polar surface area (TPSA) is 38.3 Å². The normalized spacial score (nSPS) is 12.6. The van der Waals surface area contributed by atoms with Gasteiger partial charge >= 0.3 is 6.18 Å². The predicted octanol–water partition coefficient (Wildman–Crippen LogP) is 4.18. The smallest absolute Gasteiger partial charge is 0.412 e. The number of rotatable bonds is 4. The second-order valence-electron chi connectivity index (χ2n) is 5.18. The number of hydrogen-bond donors (Lipinski definition) is 1. The summed E-state index contributed by atoms with van der Waals surface area (Å²) in [6.07, 6.45) is -4.72. The van der Waals surface area contributed by atoms with Crippen LogP contribution in [-0.2, 0) is 0 Å². The summed E-state index contributed by atoms with van der Waals surface area (Å²) in [5.74, 6) is -1.16. The minimum absolute atomic E-state index is 0.0359. The lowest BCUT2D eigenvalue weighted by molar-refractivity contribution is -0.155. The molecule has 0 saturated carbocycles. The van der Waals surface area contributed by atoms with Gasteiger partial charge in [0.05, 0.1) is 7.11 Å². The Morgan fingerprint density at radius 3 is 2.29 bits per heavy atom. The number of hydrogen-bond acceptors (Lipinski definition) is 2. The predicted molar refractivity (Wildman–Crippen MR) is 80.4 cm³/mol. The van der Waals surface area contributed by atoms with Crippen LogP contribution in [0.25, 0.3) is 0 Å². The second-order valence-corrected chi connectivity index (χ2v) is 5.18. The standard InChI is InChI=1S/C17H15F4NO2/c1-10-3-4-12(9-14(10)24-2)16(23)22-15(17(19,20)21)11-5-7-13(18)8-6-11/h3-9,15H,1-2H3,(H,22,23). The number of alkyl halides is 3. The number of ether oxygens (including phenoxy) is 1. The Morgan fingerprint density at radius 1 is 1.12 bits per heavy atom. The molecule has 0 spiro atoms. The lowest BCUT2D eigenvalue weighted by Crippen LogP contribution is -2.38. The van der Waals surface area contributed by atoms with Gasteiger partial charge in [0, 0.05) is 5.56 Å². The third kappa shape index (κ3) is 4.04. The highest BCUT2D eigenvalue weighted by molar-refractivity contribution is 5.95. The number of nitrogens with one attached hydrogen (secondary N) is 1. The number of carbonyl (C=O) groups excluding carboxylic acids is 1. The molecule has 0 bridgehead atoms. The average Bonchev–Trinajstić information content (AvgIpc) is 2.53. The van der Waals surface area contributed by atoms with E-state index >= 15 is 0 Å². The Balaban J connectivity index is 2.29. The van der Waals surface area contributed by atoms with Crippen LogP contribution in [0.5, 0.6) is 5.75 Å². The highest BCUT2D eigenvalue weighted by atomic mass is 19.4. The average molecular weight is 341 g/mol. The fraction of sp³-hybridized carbons (Fsp3) is 0.235. The number of methoxy groups -OCH3 is 1. The van der Waals surface area contributed by atoms with Crippen molar-refractivity contribution >= 4 is 5.91 Å². The maximum Gasteiger partial charge on any atom is 0.412 e. The molecule has 1 N–H and O–H groups in total. The molecular weight excluding hydrogens is 326 g/mol. The van der Waals surface area contributed by atoms with Crippen molar-refractivity contribution in [3.8, 4) is 5.75 Å². The van der Waals surface area contributed by atoms with Crippen molar-refractivity contribution < 1.29 is 27.1 Å². The van der Waals surface area contributed by atoms with Crippen LogP contribution in [0.15, 0.2) is 42.5 Å². The van der Waals surface area contributed by atoms with E-state index in [2.05, 4.69) is 0 Å². The van der Waals surface area contributed by atoms with Crippen LogP contribution in [0.4, 0.5) is 17.6 Å². The number of amides is 1. The molecule has 24 heavy (non-hydrogen) atoms. The molecule has 0 aliphatic heterocycles. The van der Waals surface area contributed by atoms with Gasteiger partial charge in [-0.1, -0.05) is 18.2 Å². The summed E-state index contributed by atoms with van der Waals surface area (Å²) in [7, 11) is 1.40. The molecule has 2 aromatic carbocycles. The number of aryl methyl sites for hydroxylation is 1. The fourth-order valence-corrected chi connectivity index (χ4v) is 2.19. The van der Waals surface area contributed by atoms with Crippen LogP contribution >= 0.6 is 0 Å². The number of benzene rings is 2. The van der Waals surface area contributed by atoms with E-state index in [-0.39, 0.29) is 11.1 Å². The molecule has 2 aromatic rings. The maximum absolute atomic E-state index is 13.3.